The first-order valence-corrected chi connectivity index (χ1v) is 8.33. The van der Waals surface area contributed by atoms with Crippen LogP contribution in [-0.4, -0.2) is 33.5 Å². The molecule has 1 aliphatic heterocycles. The monoisotopic (exact) mass is 344 g/mol. The molecule has 2 aromatic heterocycles. The van der Waals surface area contributed by atoms with Crippen molar-refractivity contribution in [1.82, 2.24) is 14.3 Å². The fourth-order valence-electron chi connectivity index (χ4n) is 2.77. The number of aromatic nitrogens is 3. The van der Waals surface area contributed by atoms with E-state index in [0.29, 0.717) is 23.7 Å². The second-order valence-corrected chi connectivity index (χ2v) is 6.63. The van der Waals surface area contributed by atoms with E-state index in [1.165, 1.54) is 11.3 Å². The van der Waals surface area contributed by atoms with Gasteiger partial charge in [-0.05, 0) is 6.92 Å². The molecular formula is C16H16N4O3S. The van der Waals surface area contributed by atoms with Crippen molar-refractivity contribution in [1.29, 1.82) is 0 Å². The highest BCUT2D eigenvalue weighted by Gasteiger charge is 2.17. The van der Waals surface area contributed by atoms with Gasteiger partial charge >= 0.3 is 0 Å². The molecule has 0 bridgehead atoms. The van der Waals surface area contributed by atoms with Gasteiger partial charge in [0.25, 0.3) is 5.91 Å². The van der Waals surface area contributed by atoms with Crippen LogP contribution in [0, 0.1) is 6.92 Å². The second-order valence-electron chi connectivity index (χ2n) is 5.62. The van der Waals surface area contributed by atoms with Crippen molar-refractivity contribution in [3.63, 3.8) is 0 Å². The molecule has 8 heteroatoms. The maximum absolute atomic E-state index is 12.5. The van der Waals surface area contributed by atoms with Crippen LogP contribution in [0.4, 0.5) is 0 Å². The van der Waals surface area contributed by atoms with Crippen molar-refractivity contribution in [3.05, 3.63) is 34.4 Å². The topological polar surface area (TPSA) is 70.6 Å². The minimum atomic E-state index is -0.299. The Morgan fingerprint density at radius 1 is 1.25 bits per heavy atom. The van der Waals surface area contributed by atoms with Crippen molar-refractivity contribution in [3.8, 4) is 11.5 Å². The largest absolute Gasteiger partial charge is 0.486 e. The third-order valence-corrected chi connectivity index (χ3v) is 5.09. The summed E-state index contributed by atoms with van der Waals surface area (Å²) in [5.74, 6) is 1.16. The molecule has 0 saturated carbocycles. The number of hydrogen-bond donors (Lipinski definition) is 0. The number of amides is 1. The lowest BCUT2D eigenvalue weighted by Gasteiger charge is -2.18. The van der Waals surface area contributed by atoms with Gasteiger partial charge in [-0.25, -0.2) is 0 Å². The number of carbonyl (C=O) groups is 1. The fraction of sp³-hybridized carbons (Fsp3) is 0.312. The first-order chi connectivity index (χ1) is 11.5. The zero-order chi connectivity index (χ0) is 16.8. The van der Waals surface area contributed by atoms with Crippen LogP contribution in [0.25, 0.3) is 10.2 Å². The van der Waals surface area contributed by atoms with E-state index in [1.54, 1.807) is 17.9 Å². The highest BCUT2D eigenvalue weighted by atomic mass is 32.1. The Bertz CT molecular complexity index is 1010. The molecule has 4 rings (SSSR count). The minimum Gasteiger partial charge on any atom is -0.486 e. The van der Waals surface area contributed by atoms with Crippen LogP contribution in [0.5, 0.6) is 11.5 Å². The van der Waals surface area contributed by atoms with Gasteiger partial charge in [-0.2, -0.15) is 10.1 Å². The summed E-state index contributed by atoms with van der Waals surface area (Å²) in [6, 6.07) is 3.87. The number of benzene rings is 1. The summed E-state index contributed by atoms with van der Waals surface area (Å²) >= 11 is 1.44. The van der Waals surface area contributed by atoms with Crippen LogP contribution >= 0.6 is 11.3 Å². The Kier molecular flexibility index (Phi) is 3.42. The number of carbonyl (C=O) groups excluding carboxylic acids is 1. The number of thiazole rings is 1. The summed E-state index contributed by atoms with van der Waals surface area (Å²) in [4.78, 5) is 17.4. The highest BCUT2D eigenvalue weighted by Crippen LogP contribution is 2.35. The Morgan fingerprint density at radius 2 is 1.96 bits per heavy atom. The molecule has 3 aromatic rings. The van der Waals surface area contributed by atoms with Gasteiger partial charge in [-0.1, -0.05) is 11.3 Å². The molecule has 0 radical (unpaired) electrons. The van der Waals surface area contributed by atoms with Gasteiger partial charge in [0.05, 0.1) is 16.4 Å². The lowest BCUT2D eigenvalue weighted by Crippen LogP contribution is -2.16. The molecule has 0 atom stereocenters. The average Bonchev–Trinajstić information content (AvgIpc) is 3.05. The van der Waals surface area contributed by atoms with Crippen molar-refractivity contribution >= 4 is 27.5 Å². The lowest BCUT2D eigenvalue weighted by molar-refractivity contribution is 0.0988. The molecule has 0 saturated heterocycles. The van der Waals surface area contributed by atoms with E-state index in [4.69, 9.17) is 9.47 Å². The molecule has 0 spiro atoms. The van der Waals surface area contributed by atoms with Gasteiger partial charge in [-0.3, -0.25) is 9.48 Å². The summed E-state index contributed by atoms with van der Waals surface area (Å²) in [6.07, 6.45) is 1.66. The maximum Gasteiger partial charge on any atom is 0.298 e. The number of nitrogens with zero attached hydrogens (tertiary/aromatic N) is 4. The molecule has 0 N–H and O–H groups in total. The molecule has 24 heavy (non-hydrogen) atoms. The predicted octanol–water partition coefficient (Wildman–Crippen LogP) is 1.79. The molecule has 0 unspecified atom stereocenters. The Morgan fingerprint density at radius 3 is 2.62 bits per heavy atom. The van der Waals surface area contributed by atoms with Gasteiger partial charge in [0.15, 0.2) is 16.3 Å². The maximum atomic E-state index is 12.5. The summed E-state index contributed by atoms with van der Waals surface area (Å²) in [5.41, 5.74) is 2.27. The molecule has 3 heterocycles. The van der Waals surface area contributed by atoms with Crippen LogP contribution in [0.3, 0.4) is 0 Å². The third-order valence-electron chi connectivity index (χ3n) is 3.99. The smallest absolute Gasteiger partial charge is 0.298 e. The first-order valence-electron chi connectivity index (χ1n) is 7.51. The van der Waals surface area contributed by atoms with Crippen molar-refractivity contribution < 1.29 is 14.3 Å². The van der Waals surface area contributed by atoms with Gasteiger partial charge < -0.3 is 14.0 Å². The first kappa shape index (κ1) is 14.9. The van der Waals surface area contributed by atoms with Crippen LogP contribution in [0.2, 0.25) is 0 Å². The Balaban J connectivity index is 1.85. The van der Waals surface area contributed by atoms with Gasteiger partial charge in [0.2, 0.25) is 0 Å². The van der Waals surface area contributed by atoms with E-state index in [-0.39, 0.29) is 5.91 Å². The SMILES string of the molecule is Cc1cnn(C)c1C(=O)N=c1sc2cc3c(cc2n1C)OCCO3. The molecule has 1 aliphatic rings. The molecule has 124 valence electrons. The standard InChI is InChI=1S/C16H16N4O3S/c1-9-8-17-20(3)14(9)15(21)18-16-19(2)10-6-11-12(7-13(10)24-16)23-5-4-22-11/h6-8H,4-5H2,1-3H3. The number of fused-ring (bicyclic) bond motifs is 2. The second kappa shape index (κ2) is 5.48. The van der Waals surface area contributed by atoms with Gasteiger partial charge in [0, 0.05) is 31.8 Å². The van der Waals surface area contributed by atoms with Crippen LogP contribution < -0.4 is 14.3 Å². The molecule has 1 amide bonds. The molecule has 1 aromatic carbocycles. The van der Waals surface area contributed by atoms with Gasteiger partial charge in [-0.15, -0.1) is 0 Å². The normalized spacial score (nSPS) is 14.4. The van der Waals surface area contributed by atoms with Crippen LogP contribution in [0.1, 0.15) is 16.1 Å². The summed E-state index contributed by atoms with van der Waals surface area (Å²) < 4.78 is 15.7. The third kappa shape index (κ3) is 2.30. The van der Waals surface area contributed by atoms with E-state index in [2.05, 4.69) is 10.1 Å². The van der Waals surface area contributed by atoms with Crippen LogP contribution in [0.15, 0.2) is 23.3 Å². The molecule has 0 fully saturated rings. The lowest BCUT2D eigenvalue weighted by atomic mass is 10.2. The summed E-state index contributed by atoms with van der Waals surface area (Å²) in [6.45, 7) is 2.94. The predicted molar refractivity (Wildman–Crippen MR) is 89.6 cm³/mol. The number of aryl methyl sites for hydroxylation is 3. The average molecular weight is 344 g/mol. The van der Waals surface area contributed by atoms with E-state index >= 15 is 0 Å². The summed E-state index contributed by atoms with van der Waals surface area (Å²) in [7, 11) is 3.63. The van der Waals surface area contributed by atoms with E-state index in [9.17, 15) is 4.79 Å². The van der Waals surface area contributed by atoms with E-state index < -0.39 is 0 Å². The van der Waals surface area contributed by atoms with Crippen molar-refractivity contribution in [2.75, 3.05) is 13.2 Å². The quantitative estimate of drug-likeness (QED) is 0.675. The Labute approximate surface area is 141 Å². The zero-order valence-electron chi connectivity index (χ0n) is 13.6. The number of ether oxygens (including phenoxy) is 2. The Hall–Kier alpha value is -2.61. The molecule has 0 aliphatic carbocycles. The van der Waals surface area contributed by atoms with Crippen LogP contribution in [-0.2, 0) is 14.1 Å². The fourth-order valence-corrected chi connectivity index (χ4v) is 3.79. The van der Waals surface area contributed by atoms with E-state index in [1.807, 2.05) is 30.7 Å². The highest BCUT2D eigenvalue weighted by molar-refractivity contribution is 7.16. The molecular weight excluding hydrogens is 328 g/mol. The van der Waals surface area contributed by atoms with Crippen molar-refractivity contribution in [2.45, 2.75) is 6.92 Å². The summed E-state index contributed by atoms with van der Waals surface area (Å²) in [5, 5.41) is 4.10. The van der Waals surface area contributed by atoms with Crippen molar-refractivity contribution in [2.24, 2.45) is 19.1 Å². The van der Waals surface area contributed by atoms with Gasteiger partial charge in [0.1, 0.15) is 18.9 Å². The number of hydrogen-bond acceptors (Lipinski definition) is 5. The number of rotatable bonds is 1. The molecule has 7 nitrogen and oxygen atoms in total. The zero-order valence-corrected chi connectivity index (χ0v) is 14.4. The minimum absolute atomic E-state index is 0.299. The van der Waals surface area contributed by atoms with E-state index in [0.717, 1.165) is 27.3 Å².